The summed E-state index contributed by atoms with van der Waals surface area (Å²) in [4.78, 5) is 21.9. The van der Waals surface area contributed by atoms with Gasteiger partial charge in [-0.2, -0.15) is 0 Å². The smallest absolute Gasteiger partial charge is 0.318 e. The highest BCUT2D eigenvalue weighted by molar-refractivity contribution is 8.00. The third kappa shape index (κ3) is 4.39. The average molecular weight is 255 g/mol. The van der Waals surface area contributed by atoms with Crippen LogP contribution in [0.1, 0.15) is 13.8 Å². The third-order valence-electron chi connectivity index (χ3n) is 1.77. The van der Waals surface area contributed by atoms with Crippen LogP contribution < -0.4 is 5.32 Å². The maximum atomic E-state index is 11.2. The Balaban J connectivity index is 2.62. The summed E-state index contributed by atoms with van der Waals surface area (Å²) in [7, 11) is 1.34. The van der Waals surface area contributed by atoms with Gasteiger partial charge in [0, 0.05) is 6.92 Å². The summed E-state index contributed by atoms with van der Waals surface area (Å²) in [6.45, 7) is 3.11. The van der Waals surface area contributed by atoms with Crippen LogP contribution in [0.2, 0.25) is 0 Å². The van der Waals surface area contributed by atoms with Gasteiger partial charge in [0.15, 0.2) is 5.82 Å². The number of ether oxygens (including phenoxy) is 1. The Labute approximate surface area is 103 Å². The summed E-state index contributed by atoms with van der Waals surface area (Å²) < 4.78 is 4.60. The first-order valence-corrected chi connectivity index (χ1v) is 5.76. The van der Waals surface area contributed by atoms with E-state index in [0.29, 0.717) is 10.8 Å². The van der Waals surface area contributed by atoms with Gasteiger partial charge in [0.1, 0.15) is 10.3 Å². The molecule has 1 unspecified atom stereocenters. The van der Waals surface area contributed by atoms with E-state index in [1.54, 1.807) is 19.1 Å². The van der Waals surface area contributed by atoms with E-state index in [0.717, 1.165) is 0 Å². The predicted octanol–water partition coefficient (Wildman–Crippen LogP) is 1.09. The SMILES string of the molecule is COC(=O)C(C)Sc1ccc(NC(C)=O)nn1. The number of hydrogen-bond donors (Lipinski definition) is 1. The lowest BCUT2D eigenvalue weighted by molar-refractivity contribution is -0.139. The number of nitrogens with zero attached hydrogens (tertiary/aromatic N) is 2. The molecule has 1 N–H and O–H groups in total. The first kappa shape index (κ1) is 13.4. The quantitative estimate of drug-likeness (QED) is 0.640. The Morgan fingerprint density at radius 3 is 2.59 bits per heavy atom. The average Bonchev–Trinajstić information content (AvgIpc) is 2.30. The summed E-state index contributed by atoms with van der Waals surface area (Å²) in [5, 5.41) is 10.4. The molecule has 0 aromatic carbocycles. The van der Waals surface area contributed by atoms with Crippen LogP contribution in [-0.2, 0) is 14.3 Å². The third-order valence-corrected chi connectivity index (χ3v) is 2.78. The molecule has 0 fully saturated rings. The molecule has 7 heteroatoms. The van der Waals surface area contributed by atoms with Crippen molar-refractivity contribution in [2.45, 2.75) is 24.1 Å². The van der Waals surface area contributed by atoms with E-state index in [2.05, 4.69) is 20.3 Å². The van der Waals surface area contributed by atoms with Gasteiger partial charge >= 0.3 is 5.97 Å². The lowest BCUT2D eigenvalue weighted by Gasteiger charge is -2.07. The van der Waals surface area contributed by atoms with Gasteiger partial charge in [-0.05, 0) is 19.1 Å². The topological polar surface area (TPSA) is 81.2 Å². The van der Waals surface area contributed by atoms with Crippen LogP contribution in [0.15, 0.2) is 17.2 Å². The van der Waals surface area contributed by atoms with Crippen LogP contribution in [0.5, 0.6) is 0 Å². The Kier molecular flexibility index (Phi) is 4.89. The molecule has 1 heterocycles. The van der Waals surface area contributed by atoms with Gasteiger partial charge in [-0.15, -0.1) is 10.2 Å². The molecule has 1 aromatic rings. The molecule has 1 rings (SSSR count). The molecule has 1 atom stereocenters. The molecule has 0 saturated heterocycles. The van der Waals surface area contributed by atoms with Crippen molar-refractivity contribution < 1.29 is 14.3 Å². The molecule has 0 bridgehead atoms. The molecule has 92 valence electrons. The second kappa shape index (κ2) is 6.19. The Bertz CT molecular complexity index is 408. The van der Waals surface area contributed by atoms with Gasteiger partial charge in [0.05, 0.1) is 7.11 Å². The number of thioether (sulfide) groups is 1. The van der Waals surface area contributed by atoms with E-state index in [1.165, 1.54) is 25.8 Å². The maximum Gasteiger partial charge on any atom is 0.318 e. The monoisotopic (exact) mass is 255 g/mol. The molecule has 17 heavy (non-hydrogen) atoms. The molecule has 6 nitrogen and oxygen atoms in total. The van der Waals surface area contributed by atoms with Crippen LogP contribution in [0.4, 0.5) is 5.82 Å². The van der Waals surface area contributed by atoms with E-state index in [4.69, 9.17) is 0 Å². The van der Waals surface area contributed by atoms with E-state index in [9.17, 15) is 9.59 Å². The zero-order chi connectivity index (χ0) is 12.8. The van der Waals surface area contributed by atoms with Crippen LogP contribution in [0.3, 0.4) is 0 Å². The van der Waals surface area contributed by atoms with Gasteiger partial charge in [-0.3, -0.25) is 9.59 Å². The van der Waals surface area contributed by atoms with E-state index in [1.807, 2.05) is 0 Å². The van der Waals surface area contributed by atoms with Gasteiger partial charge < -0.3 is 10.1 Å². The number of nitrogens with one attached hydrogen (secondary N) is 1. The minimum atomic E-state index is -0.346. The highest BCUT2D eigenvalue weighted by atomic mass is 32.2. The molecule has 1 amide bonds. The normalized spacial score (nSPS) is 11.7. The summed E-state index contributed by atoms with van der Waals surface area (Å²) >= 11 is 1.24. The zero-order valence-electron chi connectivity index (χ0n) is 9.76. The molecule has 1 aromatic heterocycles. The lowest BCUT2D eigenvalue weighted by atomic mass is 10.5. The van der Waals surface area contributed by atoms with Crippen molar-refractivity contribution in [3.05, 3.63) is 12.1 Å². The molecule has 0 aliphatic heterocycles. The van der Waals surface area contributed by atoms with Gasteiger partial charge in [-0.1, -0.05) is 11.8 Å². The number of esters is 1. The fraction of sp³-hybridized carbons (Fsp3) is 0.400. The highest BCUT2D eigenvalue weighted by Gasteiger charge is 2.15. The fourth-order valence-corrected chi connectivity index (χ4v) is 1.81. The predicted molar refractivity (Wildman–Crippen MR) is 63.7 cm³/mol. The molecule has 0 aliphatic rings. The number of rotatable bonds is 4. The minimum Gasteiger partial charge on any atom is -0.468 e. The van der Waals surface area contributed by atoms with E-state index in [-0.39, 0.29) is 17.1 Å². The van der Waals surface area contributed by atoms with Crippen LogP contribution in [0.25, 0.3) is 0 Å². The summed E-state index contributed by atoms with van der Waals surface area (Å²) in [6, 6.07) is 3.31. The van der Waals surface area contributed by atoms with Gasteiger partial charge in [0.25, 0.3) is 0 Å². The summed E-state index contributed by atoms with van der Waals surface area (Å²) in [5.41, 5.74) is 0. The van der Waals surface area contributed by atoms with Crippen LogP contribution in [0, 0.1) is 0 Å². The maximum absolute atomic E-state index is 11.2. The number of methoxy groups -OCH3 is 1. The first-order valence-electron chi connectivity index (χ1n) is 4.88. The van der Waals surface area contributed by atoms with Crippen molar-refractivity contribution in [3.63, 3.8) is 0 Å². The van der Waals surface area contributed by atoms with Crippen molar-refractivity contribution in [3.8, 4) is 0 Å². The van der Waals surface area contributed by atoms with E-state index < -0.39 is 0 Å². The standard InChI is InChI=1S/C10H13N3O3S/c1-6(10(15)16-3)17-9-5-4-8(12-13-9)11-7(2)14/h4-6H,1-3H3,(H,11,12,14). The van der Waals surface area contributed by atoms with Gasteiger partial charge in [-0.25, -0.2) is 0 Å². The number of amides is 1. The summed E-state index contributed by atoms with van der Waals surface area (Å²) in [6.07, 6.45) is 0. The second-order valence-corrected chi connectivity index (χ2v) is 4.58. The highest BCUT2D eigenvalue weighted by Crippen LogP contribution is 2.21. The fourth-order valence-electron chi connectivity index (χ4n) is 1.03. The van der Waals surface area contributed by atoms with Crippen LogP contribution in [-0.4, -0.2) is 34.4 Å². The second-order valence-electron chi connectivity index (χ2n) is 3.22. The Morgan fingerprint density at radius 2 is 2.12 bits per heavy atom. The summed E-state index contributed by atoms with van der Waals surface area (Å²) in [5.74, 6) is -0.141. The molecule has 0 saturated carbocycles. The first-order chi connectivity index (χ1) is 8.02. The number of anilines is 1. The van der Waals surface area contributed by atoms with Crippen molar-refractivity contribution in [2.24, 2.45) is 0 Å². The number of carbonyl (C=O) groups excluding carboxylic acids is 2. The Hall–Kier alpha value is -1.63. The molecular formula is C10H13N3O3S. The van der Waals surface area contributed by atoms with Crippen molar-refractivity contribution in [1.82, 2.24) is 10.2 Å². The van der Waals surface area contributed by atoms with Crippen LogP contribution >= 0.6 is 11.8 Å². The van der Waals surface area contributed by atoms with Crippen molar-refractivity contribution in [1.29, 1.82) is 0 Å². The molecule has 0 spiro atoms. The van der Waals surface area contributed by atoms with E-state index >= 15 is 0 Å². The molecule has 0 radical (unpaired) electrons. The number of hydrogen-bond acceptors (Lipinski definition) is 6. The number of carbonyl (C=O) groups is 2. The lowest BCUT2D eigenvalue weighted by Crippen LogP contribution is -2.15. The van der Waals surface area contributed by atoms with Crippen molar-refractivity contribution >= 4 is 29.5 Å². The Morgan fingerprint density at radius 1 is 1.41 bits per heavy atom. The zero-order valence-corrected chi connectivity index (χ0v) is 10.6. The minimum absolute atomic E-state index is 0.206. The number of aromatic nitrogens is 2. The largest absolute Gasteiger partial charge is 0.468 e. The molecule has 0 aliphatic carbocycles. The van der Waals surface area contributed by atoms with Gasteiger partial charge in [0.2, 0.25) is 5.91 Å². The molecular weight excluding hydrogens is 242 g/mol. The van der Waals surface area contributed by atoms with Crippen molar-refractivity contribution in [2.75, 3.05) is 12.4 Å².